The van der Waals surface area contributed by atoms with Gasteiger partial charge in [0, 0.05) is 71.3 Å². The summed E-state index contributed by atoms with van der Waals surface area (Å²) in [5, 5.41) is 12.3. The van der Waals surface area contributed by atoms with Gasteiger partial charge in [-0.05, 0) is 72.6 Å². The number of nitrogens with zero attached hydrogens (tertiary/aromatic N) is 1. The van der Waals surface area contributed by atoms with Gasteiger partial charge in [0.05, 0.1) is 5.76 Å². The summed E-state index contributed by atoms with van der Waals surface area (Å²) in [6.07, 6.45) is 7.75. The number of pyridine rings is 1. The third-order valence-corrected chi connectivity index (χ3v) is 9.98. The van der Waals surface area contributed by atoms with Crippen LogP contribution < -0.4 is 0 Å². The van der Waals surface area contributed by atoms with E-state index in [0.717, 1.165) is 66.0 Å². The molecule has 6 heteroatoms. The van der Waals surface area contributed by atoms with Crippen molar-refractivity contribution < 1.29 is 34.4 Å². The molecule has 48 heavy (non-hydrogen) atoms. The molecule has 0 aliphatic carbocycles. The molecule has 3 aromatic heterocycles. The summed E-state index contributed by atoms with van der Waals surface area (Å²) in [7, 11) is 0. The predicted octanol–water partition coefficient (Wildman–Crippen LogP) is 12.6. The number of benzene rings is 2. The molecule has 0 saturated heterocycles. The van der Waals surface area contributed by atoms with Gasteiger partial charge in [-0.1, -0.05) is 74.4 Å². The largest absolute Gasteiger partial charge is 0.512 e. The van der Waals surface area contributed by atoms with Crippen molar-refractivity contribution in [3.63, 3.8) is 0 Å². The number of hydrogen-bond donors (Lipinski definition) is 1. The Hall–Kier alpha value is -3.05. The van der Waals surface area contributed by atoms with Gasteiger partial charge in [0.25, 0.3) is 0 Å². The molecule has 1 N–H and O–H groups in total. The first kappa shape index (κ1) is 39.4. The first-order chi connectivity index (χ1) is 22.3. The summed E-state index contributed by atoms with van der Waals surface area (Å²) in [6, 6.07) is 18.8. The van der Waals surface area contributed by atoms with Crippen LogP contribution in [0.4, 0.5) is 0 Å². The van der Waals surface area contributed by atoms with Gasteiger partial charge in [-0.2, -0.15) is 0 Å². The van der Waals surface area contributed by atoms with E-state index in [4.69, 9.17) is 9.40 Å². The van der Waals surface area contributed by atoms with Crippen molar-refractivity contribution in [3.8, 4) is 22.6 Å². The molecule has 0 saturated carbocycles. The van der Waals surface area contributed by atoms with Crippen molar-refractivity contribution in [1.29, 1.82) is 0 Å². The second-order valence-electron chi connectivity index (χ2n) is 14.1. The van der Waals surface area contributed by atoms with Crippen molar-refractivity contribution in [2.45, 2.75) is 101 Å². The second-order valence-corrected chi connectivity index (χ2v) is 15.1. The standard InChI is InChI=1S/C29H28NOS.C13H24O2.Ir/c1-17-11-18(2)13-21(12-17)26-28-24(9-10-30-26)23-8-7-20(15-25(23)32-28)27-19(3)14-22(31-27)16-29(4,5)6;1-5-10(6-2)12(14)9-13(15)11(7-3)8-4;/h7-12,14-15H,16H2,1-6H3;9-11,14H,5-8H2,1-4H3;/q-1;;/b;12-9-;. The zero-order valence-corrected chi connectivity index (χ0v) is 33.6. The van der Waals surface area contributed by atoms with Crippen molar-refractivity contribution in [1.82, 2.24) is 4.98 Å². The number of furan rings is 1. The van der Waals surface area contributed by atoms with Gasteiger partial charge in [0.1, 0.15) is 11.5 Å². The summed E-state index contributed by atoms with van der Waals surface area (Å²) in [4.78, 5) is 16.5. The Balaban J connectivity index is 0.000000334. The molecule has 5 aromatic rings. The molecule has 3 heterocycles. The van der Waals surface area contributed by atoms with Crippen LogP contribution in [0.25, 0.3) is 42.8 Å². The third-order valence-electron chi connectivity index (χ3n) is 8.81. The van der Waals surface area contributed by atoms with Crippen molar-refractivity contribution >= 4 is 37.3 Å². The van der Waals surface area contributed by atoms with E-state index in [1.54, 1.807) is 11.3 Å². The number of fused-ring (bicyclic) bond motifs is 3. The van der Waals surface area contributed by atoms with Crippen LogP contribution in [0.3, 0.4) is 0 Å². The maximum Gasteiger partial charge on any atom is 0.162 e. The predicted molar refractivity (Wildman–Crippen MR) is 200 cm³/mol. The van der Waals surface area contributed by atoms with Gasteiger partial charge < -0.3 is 14.5 Å². The van der Waals surface area contributed by atoms with E-state index in [1.807, 2.05) is 33.9 Å². The van der Waals surface area contributed by atoms with Crippen LogP contribution in [0.5, 0.6) is 0 Å². The van der Waals surface area contributed by atoms with Gasteiger partial charge in [0.15, 0.2) is 5.78 Å². The molecule has 2 aromatic carbocycles. The Morgan fingerprint density at radius 3 is 2.21 bits per heavy atom. The molecule has 5 rings (SSSR count). The molecule has 1 radical (unpaired) electrons. The van der Waals surface area contributed by atoms with Crippen molar-refractivity contribution in [3.05, 3.63) is 89.0 Å². The van der Waals surface area contributed by atoms with Gasteiger partial charge in [-0.25, -0.2) is 0 Å². The Kier molecular flexibility index (Phi) is 14.0. The van der Waals surface area contributed by atoms with Crippen LogP contribution in [0.15, 0.2) is 64.9 Å². The van der Waals surface area contributed by atoms with Crippen LogP contribution in [0, 0.1) is 44.1 Å². The second kappa shape index (κ2) is 17.1. The first-order valence-electron chi connectivity index (χ1n) is 17.1. The molecule has 0 aliphatic rings. The fraction of sp³-hybridized carbons (Fsp3) is 0.429. The summed E-state index contributed by atoms with van der Waals surface area (Å²) in [5.74, 6) is 2.58. The average Bonchev–Trinajstić information content (AvgIpc) is 3.56. The Morgan fingerprint density at radius 2 is 1.60 bits per heavy atom. The topological polar surface area (TPSA) is 63.3 Å². The summed E-state index contributed by atoms with van der Waals surface area (Å²) in [5.41, 5.74) is 6.98. The Morgan fingerprint density at radius 1 is 0.938 bits per heavy atom. The van der Waals surface area contributed by atoms with E-state index >= 15 is 0 Å². The van der Waals surface area contributed by atoms with Crippen LogP contribution in [0.1, 0.15) is 96.6 Å². The maximum absolute atomic E-state index is 11.7. The van der Waals surface area contributed by atoms with Gasteiger partial charge in [0.2, 0.25) is 0 Å². The molecule has 0 atom stereocenters. The number of carbonyl (C=O) groups excluding carboxylic acids is 1. The molecule has 0 amide bonds. The summed E-state index contributed by atoms with van der Waals surface area (Å²) >= 11 is 1.80. The fourth-order valence-electron chi connectivity index (χ4n) is 6.28. The summed E-state index contributed by atoms with van der Waals surface area (Å²) < 4.78 is 8.77. The van der Waals surface area contributed by atoms with Crippen LogP contribution in [0.2, 0.25) is 0 Å². The number of aromatic nitrogens is 1. The monoisotopic (exact) mass is 843 g/mol. The minimum Gasteiger partial charge on any atom is -0.512 e. The zero-order chi connectivity index (χ0) is 34.5. The molecular formula is C42H52IrNO3S-. The van der Waals surface area contributed by atoms with E-state index in [2.05, 4.69) is 90.1 Å². The Labute approximate surface area is 305 Å². The van der Waals surface area contributed by atoms with Crippen molar-refractivity contribution in [2.24, 2.45) is 17.3 Å². The minimum absolute atomic E-state index is 0. The van der Waals surface area contributed by atoms with E-state index in [0.29, 0.717) is 0 Å². The molecule has 0 unspecified atom stereocenters. The molecule has 0 fully saturated rings. The number of aliphatic hydroxyl groups is 1. The number of thiophene rings is 1. The number of aliphatic hydroxyl groups excluding tert-OH is 1. The number of allylic oxidation sites excluding steroid dienone is 2. The van der Waals surface area contributed by atoms with Crippen LogP contribution in [-0.4, -0.2) is 15.9 Å². The third kappa shape index (κ3) is 9.55. The maximum atomic E-state index is 11.7. The van der Waals surface area contributed by atoms with Gasteiger partial charge >= 0.3 is 0 Å². The van der Waals surface area contributed by atoms with Gasteiger partial charge in [-0.3, -0.25) is 4.79 Å². The number of ketones is 1. The van der Waals surface area contributed by atoms with E-state index in [1.165, 1.54) is 37.4 Å². The quantitative estimate of drug-likeness (QED) is 0.0864. The van der Waals surface area contributed by atoms with Gasteiger partial charge in [-0.15, -0.1) is 46.2 Å². The SMILES string of the molecule is CCC(CC)C(=O)/C=C(\O)C(CC)CC.Cc1[c-]c(-c2nccc3c2sc2cc(-c4oc(CC(C)(C)C)cc4C)ccc23)cc(C)c1.[Ir]. The fourth-order valence-corrected chi connectivity index (χ4v) is 7.52. The van der Waals surface area contributed by atoms with Crippen LogP contribution >= 0.6 is 11.3 Å². The van der Waals surface area contributed by atoms with E-state index in [-0.39, 0.29) is 48.9 Å². The van der Waals surface area contributed by atoms with E-state index in [9.17, 15) is 9.90 Å². The molecule has 259 valence electrons. The smallest absolute Gasteiger partial charge is 0.162 e. The molecule has 0 bridgehead atoms. The van der Waals surface area contributed by atoms with Crippen molar-refractivity contribution in [2.75, 3.05) is 0 Å². The minimum atomic E-state index is 0. The molecule has 4 nitrogen and oxygen atoms in total. The zero-order valence-electron chi connectivity index (χ0n) is 30.3. The Bertz CT molecular complexity index is 1850. The number of aryl methyl sites for hydroxylation is 3. The number of rotatable bonds is 10. The van der Waals surface area contributed by atoms with Crippen LogP contribution in [-0.2, 0) is 31.3 Å². The average molecular weight is 843 g/mol. The molecular weight excluding hydrogens is 791 g/mol. The molecule has 0 aliphatic heterocycles. The van der Waals surface area contributed by atoms with E-state index < -0.39 is 0 Å². The first-order valence-corrected chi connectivity index (χ1v) is 18.0. The normalized spacial score (nSPS) is 12.0. The number of hydrogen-bond acceptors (Lipinski definition) is 5. The number of carbonyl (C=O) groups is 1. The summed E-state index contributed by atoms with van der Waals surface area (Å²) in [6.45, 7) is 21.2. The molecule has 0 spiro atoms.